The van der Waals surface area contributed by atoms with Gasteiger partial charge in [0.1, 0.15) is 5.82 Å². The van der Waals surface area contributed by atoms with Crippen LogP contribution in [0.2, 0.25) is 0 Å². The monoisotopic (exact) mass is 293 g/mol. The van der Waals surface area contributed by atoms with E-state index < -0.39 is 0 Å². The molecule has 2 aromatic rings. The van der Waals surface area contributed by atoms with Gasteiger partial charge in [0.2, 0.25) is 5.91 Å². The van der Waals surface area contributed by atoms with Crippen LogP contribution in [0.4, 0.5) is 5.82 Å². The number of aromatic nitrogens is 2. The van der Waals surface area contributed by atoms with Gasteiger partial charge in [-0.25, -0.2) is 4.68 Å². The van der Waals surface area contributed by atoms with E-state index in [1.54, 1.807) is 4.68 Å². The molecule has 0 spiro atoms. The summed E-state index contributed by atoms with van der Waals surface area (Å²) in [6.45, 7) is 1.89. The minimum atomic E-state index is -0.0953. The third-order valence-corrected chi connectivity index (χ3v) is 2.73. The Labute approximate surface area is 108 Å². The van der Waals surface area contributed by atoms with Gasteiger partial charge < -0.3 is 5.32 Å². The zero-order valence-corrected chi connectivity index (χ0v) is 10.9. The summed E-state index contributed by atoms with van der Waals surface area (Å²) in [6.07, 6.45) is 0. The molecule has 17 heavy (non-hydrogen) atoms. The standard InChI is InChI=1S/C12H12BrN3O/c1-9-7-11(14-12(17)8-13)16(15-9)10-5-3-2-4-6-10/h2-7H,8H2,1H3,(H,14,17). The highest BCUT2D eigenvalue weighted by molar-refractivity contribution is 9.09. The Balaban J connectivity index is 2.37. The number of amides is 1. The molecular weight excluding hydrogens is 282 g/mol. The average molecular weight is 294 g/mol. The number of aryl methyl sites for hydroxylation is 1. The third-order valence-electron chi connectivity index (χ3n) is 2.22. The van der Waals surface area contributed by atoms with Crippen molar-refractivity contribution in [1.82, 2.24) is 9.78 Å². The summed E-state index contributed by atoms with van der Waals surface area (Å²) in [7, 11) is 0. The van der Waals surface area contributed by atoms with Crippen LogP contribution >= 0.6 is 15.9 Å². The lowest BCUT2D eigenvalue weighted by Crippen LogP contribution is -2.15. The van der Waals surface area contributed by atoms with Gasteiger partial charge in [-0.2, -0.15) is 5.10 Å². The second-order valence-corrected chi connectivity index (χ2v) is 4.16. The number of nitrogens with zero attached hydrogens (tertiary/aromatic N) is 2. The van der Waals surface area contributed by atoms with Crippen LogP contribution in [0.15, 0.2) is 36.4 Å². The largest absolute Gasteiger partial charge is 0.310 e. The maximum atomic E-state index is 11.4. The molecule has 5 heteroatoms. The first-order valence-electron chi connectivity index (χ1n) is 5.18. The van der Waals surface area contributed by atoms with Crippen LogP contribution in [0.3, 0.4) is 0 Å². The van der Waals surface area contributed by atoms with E-state index in [1.807, 2.05) is 43.3 Å². The van der Waals surface area contributed by atoms with Gasteiger partial charge in [0, 0.05) is 6.07 Å². The van der Waals surface area contributed by atoms with Gasteiger partial charge in [-0.15, -0.1) is 0 Å². The van der Waals surface area contributed by atoms with Gasteiger partial charge in [0.15, 0.2) is 0 Å². The Hall–Kier alpha value is -1.62. The lowest BCUT2D eigenvalue weighted by Gasteiger charge is -2.07. The van der Waals surface area contributed by atoms with Crippen LogP contribution in [0, 0.1) is 6.92 Å². The maximum absolute atomic E-state index is 11.4. The molecule has 0 fully saturated rings. The minimum Gasteiger partial charge on any atom is -0.310 e. The van der Waals surface area contributed by atoms with E-state index in [1.165, 1.54) is 0 Å². The fourth-order valence-corrected chi connectivity index (χ4v) is 1.67. The smallest absolute Gasteiger partial charge is 0.236 e. The lowest BCUT2D eigenvalue weighted by atomic mass is 10.3. The van der Waals surface area contributed by atoms with E-state index in [9.17, 15) is 4.79 Å². The molecule has 88 valence electrons. The van der Waals surface area contributed by atoms with Crippen LogP contribution in [0.1, 0.15) is 5.69 Å². The normalized spacial score (nSPS) is 10.2. The number of carbonyl (C=O) groups excluding carboxylic acids is 1. The molecule has 0 radical (unpaired) electrons. The second kappa shape index (κ2) is 5.14. The van der Waals surface area contributed by atoms with Crippen molar-refractivity contribution in [3.05, 3.63) is 42.1 Å². The molecule has 0 aliphatic carbocycles. The summed E-state index contributed by atoms with van der Waals surface area (Å²) in [5.74, 6) is 0.584. The van der Waals surface area contributed by atoms with Gasteiger partial charge >= 0.3 is 0 Å². The van der Waals surface area contributed by atoms with E-state index in [2.05, 4.69) is 26.3 Å². The number of hydrogen-bond acceptors (Lipinski definition) is 2. The molecule has 0 aliphatic rings. The topological polar surface area (TPSA) is 46.9 Å². The van der Waals surface area contributed by atoms with E-state index in [4.69, 9.17) is 0 Å². The Morgan fingerprint density at radius 3 is 2.76 bits per heavy atom. The number of benzene rings is 1. The fraction of sp³-hybridized carbons (Fsp3) is 0.167. The highest BCUT2D eigenvalue weighted by Crippen LogP contribution is 2.16. The summed E-state index contributed by atoms with van der Waals surface area (Å²) < 4.78 is 1.72. The van der Waals surface area contributed by atoms with Crippen molar-refractivity contribution in [2.24, 2.45) is 0 Å². The van der Waals surface area contributed by atoms with E-state index in [-0.39, 0.29) is 11.2 Å². The maximum Gasteiger partial charge on any atom is 0.236 e. The molecule has 1 aromatic carbocycles. The predicted octanol–water partition coefficient (Wildman–Crippen LogP) is 2.51. The first kappa shape index (κ1) is 11.9. The number of nitrogens with one attached hydrogen (secondary N) is 1. The van der Waals surface area contributed by atoms with Crippen molar-refractivity contribution < 1.29 is 4.79 Å². The predicted molar refractivity (Wildman–Crippen MR) is 70.7 cm³/mol. The first-order chi connectivity index (χ1) is 8.20. The number of alkyl halides is 1. The number of para-hydroxylation sites is 1. The number of rotatable bonds is 3. The Kier molecular flexibility index (Phi) is 3.58. The summed E-state index contributed by atoms with van der Waals surface area (Å²) >= 11 is 3.12. The van der Waals surface area contributed by atoms with Crippen molar-refractivity contribution in [3.8, 4) is 5.69 Å². The Bertz CT molecular complexity index is 522. The van der Waals surface area contributed by atoms with Crippen molar-refractivity contribution >= 4 is 27.7 Å². The second-order valence-electron chi connectivity index (χ2n) is 3.60. The molecule has 1 N–H and O–H groups in total. The van der Waals surface area contributed by atoms with Crippen molar-refractivity contribution in [2.45, 2.75) is 6.92 Å². The SMILES string of the molecule is Cc1cc(NC(=O)CBr)n(-c2ccccc2)n1. The highest BCUT2D eigenvalue weighted by Gasteiger charge is 2.09. The van der Waals surface area contributed by atoms with Gasteiger partial charge in [-0.3, -0.25) is 4.79 Å². The molecular formula is C12H12BrN3O. The van der Waals surface area contributed by atoms with E-state index in [0.29, 0.717) is 5.82 Å². The summed E-state index contributed by atoms with van der Waals surface area (Å²) in [4.78, 5) is 11.4. The van der Waals surface area contributed by atoms with Crippen LogP contribution in [0.5, 0.6) is 0 Å². The van der Waals surface area contributed by atoms with E-state index in [0.717, 1.165) is 11.4 Å². The fourth-order valence-electron chi connectivity index (χ4n) is 1.53. The van der Waals surface area contributed by atoms with Crippen molar-refractivity contribution in [2.75, 3.05) is 10.6 Å². The highest BCUT2D eigenvalue weighted by atomic mass is 79.9. The zero-order chi connectivity index (χ0) is 12.3. The molecule has 0 unspecified atom stereocenters. The molecule has 0 saturated heterocycles. The Morgan fingerprint density at radius 1 is 1.41 bits per heavy atom. The van der Waals surface area contributed by atoms with Gasteiger partial charge in [0.25, 0.3) is 0 Å². The lowest BCUT2D eigenvalue weighted by molar-refractivity contribution is -0.113. The van der Waals surface area contributed by atoms with Gasteiger partial charge in [-0.05, 0) is 19.1 Å². The molecule has 0 bridgehead atoms. The molecule has 1 aromatic heterocycles. The summed E-state index contributed by atoms with van der Waals surface area (Å²) in [5.41, 5.74) is 1.78. The molecule has 0 aliphatic heterocycles. The minimum absolute atomic E-state index is 0.0953. The molecule has 0 saturated carbocycles. The van der Waals surface area contributed by atoms with Crippen LogP contribution < -0.4 is 5.32 Å². The van der Waals surface area contributed by atoms with Crippen LogP contribution in [-0.4, -0.2) is 21.0 Å². The quantitative estimate of drug-likeness (QED) is 0.884. The van der Waals surface area contributed by atoms with Crippen LogP contribution in [-0.2, 0) is 4.79 Å². The van der Waals surface area contributed by atoms with Crippen molar-refractivity contribution in [3.63, 3.8) is 0 Å². The van der Waals surface area contributed by atoms with Crippen LogP contribution in [0.25, 0.3) is 5.69 Å². The molecule has 4 nitrogen and oxygen atoms in total. The molecule has 1 heterocycles. The Morgan fingerprint density at radius 2 is 2.12 bits per heavy atom. The van der Waals surface area contributed by atoms with Gasteiger partial charge in [-0.1, -0.05) is 34.1 Å². The molecule has 1 amide bonds. The molecule has 0 atom stereocenters. The van der Waals surface area contributed by atoms with Gasteiger partial charge in [0.05, 0.1) is 16.7 Å². The zero-order valence-electron chi connectivity index (χ0n) is 9.35. The average Bonchev–Trinajstić information content (AvgIpc) is 2.71. The van der Waals surface area contributed by atoms with Crippen molar-refractivity contribution in [1.29, 1.82) is 0 Å². The number of halogens is 1. The summed E-state index contributed by atoms with van der Waals surface area (Å²) in [6, 6.07) is 11.5. The van der Waals surface area contributed by atoms with E-state index >= 15 is 0 Å². The number of hydrogen-bond donors (Lipinski definition) is 1. The number of carbonyl (C=O) groups is 1. The molecule has 2 rings (SSSR count). The first-order valence-corrected chi connectivity index (χ1v) is 6.31. The summed E-state index contributed by atoms with van der Waals surface area (Å²) in [5, 5.41) is 7.42. The number of anilines is 1. The third kappa shape index (κ3) is 2.74.